The summed E-state index contributed by atoms with van der Waals surface area (Å²) in [5.74, 6) is 0.223. The van der Waals surface area contributed by atoms with Gasteiger partial charge in [-0.2, -0.15) is 0 Å². The first-order valence-corrected chi connectivity index (χ1v) is 9.14. The number of halogens is 2. The summed E-state index contributed by atoms with van der Waals surface area (Å²) in [4.78, 5) is 18.6. The molecule has 1 aliphatic rings. The van der Waals surface area contributed by atoms with Crippen molar-refractivity contribution in [3.8, 4) is 0 Å². The lowest BCUT2D eigenvalue weighted by Gasteiger charge is -2.36. The maximum atomic E-state index is 13.8. The van der Waals surface area contributed by atoms with Crippen LogP contribution in [0, 0.1) is 5.82 Å². The summed E-state index contributed by atoms with van der Waals surface area (Å²) in [5.41, 5.74) is 0.874. The molecule has 8 heteroatoms. The molecule has 1 saturated heterocycles. The molecule has 3 rings (SSSR count). The Kier molecular flexibility index (Phi) is 6.13. The molecule has 27 heavy (non-hydrogen) atoms. The summed E-state index contributed by atoms with van der Waals surface area (Å²) in [7, 11) is 0. The molecule has 0 saturated carbocycles. The second kappa shape index (κ2) is 8.54. The first kappa shape index (κ1) is 19.4. The van der Waals surface area contributed by atoms with Crippen LogP contribution in [0.2, 0.25) is 5.02 Å². The molecule has 2 unspecified atom stereocenters. The number of amides is 2. The molecule has 0 bridgehead atoms. The number of carbonyl (C=O) groups excluding carboxylic acids is 1. The predicted octanol–water partition coefficient (Wildman–Crippen LogP) is 3.81. The summed E-state index contributed by atoms with van der Waals surface area (Å²) in [6.45, 7) is 5.95. The number of pyridine rings is 1. The molecule has 144 valence electrons. The summed E-state index contributed by atoms with van der Waals surface area (Å²) < 4.78 is 19.5. The van der Waals surface area contributed by atoms with Gasteiger partial charge in [-0.15, -0.1) is 0 Å². The van der Waals surface area contributed by atoms with E-state index in [0.717, 1.165) is 24.5 Å². The van der Waals surface area contributed by atoms with Crippen LogP contribution in [-0.4, -0.2) is 36.3 Å². The van der Waals surface area contributed by atoms with Gasteiger partial charge in [-0.1, -0.05) is 23.7 Å². The van der Waals surface area contributed by atoms with Crippen molar-refractivity contribution in [2.75, 3.05) is 23.3 Å². The third-order valence-electron chi connectivity index (χ3n) is 4.21. The van der Waals surface area contributed by atoms with Gasteiger partial charge in [-0.3, -0.25) is 0 Å². The van der Waals surface area contributed by atoms with E-state index in [1.807, 2.05) is 26.0 Å². The lowest BCUT2D eigenvalue weighted by molar-refractivity contribution is -0.00546. The van der Waals surface area contributed by atoms with Crippen LogP contribution in [0.15, 0.2) is 36.5 Å². The van der Waals surface area contributed by atoms with Gasteiger partial charge in [0.05, 0.1) is 22.9 Å². The van der Waals surface area contributed by atoms with Gasteiger partial charge in [-0.05, 0) is 37.6 Å². The van der Waals surface area contributed by atoms with Crippen molar-refractivity contribution >= 4 is 29.1 Å². The SMILES string of the molecule is CC1CN(c2ccc(CNC(=O)Nc3cccc(Cl)c3F)cn2)CC(C)O1. The van der Waals surface area contributed by atoms with Crippen LogP contribution in [0.4, 0.5) is 20.7 Å². The maximum absolute atomic E-state index is 13.8. The molecule has 2 aromatic rings. The largest absolute Gasteiger partial charge is 0.372 e. The Labute approximate surface area is 162 Å². The van der Waals surface area contributed by atoms with Gasteiger partial charge in [0.2, 0.25) is 0 Å². The van der Waals surface area contributed by atoms with E-state index < -0.39 is 11.8 Å². The van der Waals surface area contributed by atoms with Crippen molar-refractivity contribution in [3.63, 3.8) is 0 Å². The molecule has 2 heterocycles. The molecular weight excluding hydrogens is 371 g/mol. The molecule has 1 aromatic heterocycles. The quantitative estimate of drug-likeness (QED) is 0.830. The number of nitrogens with zero attached hydrogens (tertiary/aromatic N) is 2. The number of hydrogen-bond acceptors (Lipinski definition) is 4. The van der Waals surface area contributed by atoms with E-state index in [1.54, 1.807) is 12.3 Å². The van der Waals surface area contributed by atoms with Crippen LogP contribution in [0.25, 0.3) is 0 Å². The normalized spacial score (nSPS) is 19.6. The van der Waals surface area contributed by atoms with Crippen LogP contribution >= 0.6 is 11.6 Å². The zero-order valence-electron chi connectivity index (χ0n) is 15.2. The number of aromatic nitrogens is 1. The summed E-state index contributed by atoms with van der Waals surface area (Å²) in [5, 5.41) is 5.07. The number of nitrogens with one attached hydrogen (secondary N) is 2. The molecule has 0 radical (unpaired) electrons. The van der Waals surface area contributed by atoms with E-state index in [-0.39, 0.29) is 29.5 Å². The van der Waals surface area contributed by atoms with E-state index >= 15 is 0 Å². The molecule has 1 aromatic carbocycles. The lowest BCUT2D eigenvalue weighted by Crippen LogP contribution is -2.45. The van der Waals surface area contributed by atoms with Crippen molar-refractivity contribution in [1.82, 2.24) is 10.3 Å². The smallest absolute Gasteiger partial charge is 0.319 e. The maximum Gasteiger partial charge on any atom is 0.319 e. The topological polar surface area (TPSA) is 66.5 Å². The average molecular weight is 393 g/mol. The number of benzene rings is 1. The molecule has 1 fully saturated rings. The molecule has 2 amide bonds. The van der Waals surface area contributed by atoms with Crippen LogP contribution in [0.1, 0.15) is 19.4 Å². The highest BCUT2D eigenvalue weighted by Gasteiger charge is 2.23. The minimum absolute atomic E-state index is 0.0315. The highest BCUT2D eigenvalue weighted by atomic mass is 35.5. The minimum Gasteiger partial charge on any atom is -0.372 e. The van der Waals surface area contributed by atoms with E-state index in [1.165, 1.54) is 12.1 Å². The second-order valence-electron chi connectivity index (χ2n) is 6.60. The zero-order valence-corrected chi connectivity index (χ0v) is 16.0. The fourth-order valence-electron chi connectivity index (χ4n) is 3.02. The van der Waals surface area contributed by atoms with E-state index in [2.05, 4.69) is 20.5 Å². The number of rotatable bonds is 4. The Bertz CT molecular complexity index is 793. The molecule has 0 aliphatic carbocycles. The van der Waals surface area contributed by atoms with Crippen molar-refractivity contribution in [1.29, 1.82) is 0 Å². The Morgan fingerprint density at radius 3 is 2.70 bits per heavy atom. The molecule has 6 nitrogen and oxygen atoms in total. The van der Waals surface area contributed by atoms with Crippen molar-refractivity contribution in [3.05, 3.63) is 52.9 Å². The summed E-state index contributed by atoms with van der Waals surface area (Å²) >= 11 is 5.70. The second-order valence-corrected chi connectivity index (χ2v) is 7.00. The third-order valence-corrected chi connectivity index (χ3v) is 4.50. The number of morpholine rings is 1. The molecule has 1 aliphatic heterocycles. The first-order chi connectivity index (χ1) is 12.9. The number of hydrogen-bond donors (Lipinski definition) is 2. The van der Waals surface area contributed by atoms with Crippen LogP contribution < -0.4 is 15.5 Å². The Hall–Kier alpha value is -2.38. The molecule has 2 atom stereocenters. The summed E-state index contributed by atoms with van der Waals surface area (Å²) in [6.07, 6.45) is 2.04. The van der Waals surface area contributed by atoms with E-state index in [0.29, 0.717) is 0 Å². The molecule has 2 N–H and O–H groups in total. The van der Waals surface area contributed by atoms with Crippen LogP contribution in [-0.2, 0) is 11.3 Å². The van der Waals surface area contributed by atoms with Gasteiger partial charge in [0, 0.05) is 25.8 Å². The molecule has 0 spiro atoms. The number of anilines is 2. The highest BCUT2D eigenvalue weighted by Crippen LogP contribution is 2.22. The Morgan fingerprint density at radius 2 is 2.04 bits per heavy atom. The number of ether oxygens (including phenoxy) is 1. The van der Waals surface area contributed by atoms with Gasteiger partial charge < -0.3 is 20.3 Å². The third kappa shape index (κ3) is 5.08. The van der Waals surface area contributed by atoms with Crippen LogP contribution in [0.3, 0.4) is 0 Å². The molecular formula is C19H22ClFN4O2. The highest BCUT2D eigenvalue weighted by molar-refractivity contribution is 6.31. The van der Waals surface area contributed by atoms with Gasteiger partial charge >= 0.3 is 6.03 Å². The van der Waals surface area contributed by atoms with Gasteiger partial charge in [0.15, 0.2) is 5.82 Å². The summed E-state index contributed by atoms with van der Waals surface area (Å²) in [6, 6.07) is 7.75. The fourth-order valence-corrected chi connectivity index (χ4v) is 3.20. The van der Waals surface area contributed by atoms with Crippen molar-refractivity contribution in [2.24, 2.45) is 0 Å². The zero-order chi connectivity index (χ0) is 19.4. The van der Waals surface area contributed by atoms with Crippen molar-refractivity contribution in [2.45, 2.75) is 32.6 Å². The van der Waals surface area contributed by atoms with Crippen molar-refractivity contribution < 1.29 is 13.9 Å². The number of carbonyl (C=O) groups is 1. The minimum atomic E-state index is -0.658. The Morgan fingerprint density at radius 1 is 1.30 bits per heavy atom. The van der Waals surface area contributed by atoms with E-state index in [9.17, 15) is 9.18 Å². The predicted molar refractivity (Wildman–Crippen MR) is 104 cm³/mol. The lowest BCUT2D eigenvalue weighted by atomic mass is 10.2. The average Bonchev–Trinajstić information content (AvgIpc) is 2.63. The van der Waals surface area contributed by atoms with Gasteiger partial charge in [0.25, 0.3) is 0 Å². The van der Waals surface area contributed by atoms with E-state index in [4.69, 9.17) is 16.3 Å². The van der Waals surface area contributed by atoms with Gasteiger partial charge in [-0.25, -0.2) is 14.2 Å². The fraction of sp³-hybridized carbons (Fsp3) is 0.368. The monoisotopic (exact) mass is 392 g/mol. The van der Waals surface area contributed by atoms with Gasteiger partial charge in [0.1, 0.15) is 5.82 Å². The number of urea groups is 1. The Balaban J connectivity index is 1.54. The first-order valence-electron chi connectivity index (χ1n) is 8.76. The van der Waals surface area contributed by atoms with Crippen LogP contribution in [0.5, 0.6) is 0 Å². The standard InChI is InChI=1S/C19H22ClFN4O2/c1-12-10-25(11-13(2)27-12)17-7-6-14(8-22-17)9-23-19(26)24-16-5-3-4-15(20)18(16)21/h3-8,12-13H,9-11H2,1-2H3,(H2,23,24,26).